The van der Waals surface area contributed by atoms with Gasteiger partial charge in [0.25, 0.3) is 5.89 Å². The summed E-state index contributed by atoms with van der Waals surface area (Å²) in [5.41, 5.74) is 4.49. The molecule has 1 aromatic heterocycles. The van der Waals surface area contributed by atoms with Crippen molar-refractivity contribution in [3.05, 3.63) is 82.9 Å². The first-order valence-electron chi connectivity index (χ1n) is 12.9. The molecule has 0 spiro atoms. The Kier molecular flexibility index (Phi) is 7.46. The van der Waals surface area contributed by atoms with Crippen molar-refractivity contribution < 1.29 is 27.6 Å². The van der Waals surface area contributed by atoms with Crippen LogP contribution in [0.25, 0.3) is 34.0 Å². The number of hydrogen-bond donors (Lipinski definition) is 2. The van der Waals surface area contributed by atoms with Crippen molar-refractivity contribution in [2.45, 2.75) is 50.9 Å². The predicted octanol–water partition coefficient (Wildman–Crippen LogP) is 7.26. The Morgan fingerprint density at radius 2 is 1.77 bits per heavy atom. The molecule has 2 aliphatic rings. The second kappa shape index (κ2) is 10.7. The van der Waals surface area contributed by atoms with Gasteiger partial charge in [0, 0.05) is 23.2 Å². The molecule has 2 aliphatic carbocycles. The van der Waals surface area contributed by atoms with E-state index in [0.717, 1.165) is 24.5 Å². The molecule has 0 radical (unpaired) electrons. The lowest BCUT2D eigenvalue weighted by Crippen LogP contribution is -2.45. The van der Waals surface area contributed by atoms with Crippen molar-refractivity contribution in [2.24, 2.45) is 5.92 Å². The molecule has 6 nitrogen and oxygen atoms in total. The van der Waals surface area contributed by atoms with E-state index in [9.17, 15) is 18.0 Å². The molecular formula is C30H27ClF3N3O3. The summed E-state index contributed by atoms with van der Waals surface area (Å²) in [6, 6.07) is 17.2. The van der Waals surface area contributed by atoms with E-state index in [0.29, 0.717) is 41.2 Å². The minimum atomic E-state index is -4.45. The lowest BCUT2D eigenvalue weighted by molar-refractivity contribution is -0.145. The van der Waals surface area contributed by atoms with Gasteiger partial charge in [-0.2, -0.15) is 18.2 Å². The Morgan fingerprint density at radius 1 is 1.02 bits per heavy atom. The molecule has 1 unspecified atom stereocenters. The molecule has 0 saturated heterocycles. The van der Waals surface area contributed by atoms with Crippen molar-refractivity contribution >= 4 is 18.4 Å². The third-order valence-corrected chi connectivity index (χ3v) is 7.83. The van der Waals surface area contributed by atoms with Crippen molar-refractivity contribution in [3.63, 3.8) is 0 Å². The van der Waals surface area contributed by atoms with Crippen LogP contribution < -0.4 is 5.32 Å². The predicted molar refractivity (Wildman–Crippen MR) is 146 cm³/mol. The normalized spacial score (nSPS) is 19.9. The van der Waals surface area contributed by atoms with Crippen molar-refractivity contribution in [1.29, 1.82) is 0 Å². The number of hydrogen-bond acceptors (Lipinski definition) is 5. The van der Waals surface area contributed by atoms with Gasteiger partial charge in [-0.1, -0.05) is 41.6 Å². The van der Waals surface area contributed by atoms with Gasteiger partial charge < -0.3 is 14.9 Å². The van der Waals surface area contributed by atoms with Crippen LogP contribution in [-0.2, 0) is 17.4 Å². The minimum Gasteiger partial charge on any atom is -0.481 e. The van der Waals surface area contributed by atoms with E-state index in [1.165, 1.54) is 23.3 Å². The second-order valence-corrected chi connectivity index (χ2v) is 10.4. The smallest absolute Gasteiger partial charge is 0.417 e. The van der Waals surface area contributed by atoms with Crippen molar-refractivity contribution in [3.8, 4) is 34.0 Å². The monoisotopic (exact) mass is 569 g/mol. The minimum absolute atomic E-state index is 0. The number of aryl methyl sites for hydroxylation is 2. The van der Waals surface area contributed by atoms with Crippen LogP contribution in [-0.4, -0.2) is 27.3 Å². The average molecular weight is 570 g/mol. The molecule has 0 amide bonds. The van der Waals surface area contributed by atoms with Crippen LogP contribution in [0, 0.1) is 12.8 Å². The fraction of sp³-hybridized carbons (Fsp3) is 0.300. The van der Waals surface area contributed by atoms with E-state index in [1.54, 1.807) is 31.2 Å². The summed E-state index contributed by atoms with van der Waals surface area (Å²) in [6.07, 6.45) is -1.26. The van der Waals surface area contributed by atoms with Gasteiger partial charge in [0.2, 0.25) is 5.82 Å². The lowest BCUT2D eigenvalue weighted by atomic mass is 9.80. The number of carboxylic acids is 1. The van der Waals surface area contributed by atoms with Crippen LogP contribution >= 0.6 is 12.4 Å². The Morgan fingerprint density at radius 3 is 2.50 bits per heavy atom. The summed E-state index contributed by atoms with van der Waals surface area (Å²) < 4.78 is 46.1. The summed E-state index contributed by atoms with van der Waals surface area (Å²) >= 11 is 0. The zero-order valence-electron chi connectivity index (χ0n) is 21.5. The molecule has 1 heterocycles. The summed E-state index contributed by atoms with van der Waals surface area (Å²) in [5, 5.41) is 16.9. The molecule has 10 heteroatoms. The molecule has 40 heavy (non-hydrogen) atoms. The van der Waals surface area contributed by atoms with Gasteiger partial charge in [-0.05, 0) is 84.7 Å². The van der Waals surface area contributed by atoms with Crippen LogP contribution in [0.5, 0.6) is 0 Å². The van der Waals surface area contributed by atoms with Crippen LogP contribution in [0.2, 0.25) is 0 Å². The quantitative estimate of drug-likeness (QED) is 0.254. The largest absolute Gasteiger partial charge is 0.481 e. The maximum absolute atomic E-state index is 13.5. The van der Waals surface area contributed by atoms with E-state index in [4.69, 9.17) is 9.63 Å². The highest BCUT2D eigenvalue weighted by molar-refractivity contribution is 5.85. The number of aromatic nitrogens is 2. The van der Waals surface area contributed by atoms with Gasteiger partial charge in [0.1, 0.15) is 0 Å². The number of fused-ring (bicyclic) bond motifs is 1. The van der Waals surface area contributed by atoms with Gasteiger partial charge in [-0.25, -0.2) is 0 Å². The van der Waals surface area contributed by atoms with E-state index >= 15 is 0 Å². The topological polar surface area (TPSA) is 88.2 Å². The van der Waals surface area contributed by atoms with Crippen LogP contribution in [0.3, 0.4) is 0 Å². The van der Waals surface area contributed by atoms with Crippen LogP contribution in [0.4, 0.5) is 13.2 Å². The molecule has 208 valence electrons. The van der Waals surface area contributed by atoms with E-state index < -0.39 is 17.7 Å². The van der Waals surface area contributed by atoms with Crippen molar-refractivity contribution in [2.75, 3.05) is 0 Å². The number of halogens is 4. The highest BCUT2D eigenvalue weighted by Gasteiger charge is 2.37. The van der Waals surface area contributed by atoms with Gasteiger partial charge in [0.15, 0.2) is 0 Å². The summed E-state index contributed by atoms with van der Waals surface area (Å²) in [7, 11) is 0. The lowest BCUT2D eigenvalue weighted by Gasteiger charge is -2.35. The molecule has 3 aromatic carbocycles. The number of benzene rings is 3. The summed E-state index contributed by atoms with van der Waals surface area (Å²) in [5.74, 6) is -0.228. The molecule has 2 N–H and O–H groups in total. The van der Waals surface area contributed by atoms with E-state index in [1.807, 2.05) is 6.07 Å². The first-order chi connectivity index (χ1) is 18.7. The second-order valence-electron chi connectivity index (χ2n) is 10.4. The standard InChI is InChI=1S/C30H26F3N3O3.ClH/c1-16-12-19(7-9-22(16)24-4-2-3-5-25(24)30(31,32)33)28-35-27(36-39-28)18-6-10-23-17(13-18)8-11-26(23)34-21-14-20(15-21)29(37)38;/h2-7,9-10,12-13,20-21,26,34H,8,11,14-15H2,1H3,(H,37,38);1H. The van der Waals surface area contributed by atoms with E-state index in [2.05, 4.69) is 27.6 Å². The summed E-state index contributed by atoms with van der Waals surface area (Å²) in [6.45, 7) is 1.76. The van der Waals surface area contributed by atoms with E-state index in [-0.39, 0.29) is 36.0 Å². The average Bonchev–Trinajstić information content (AvgIpc) is 3.52. The Hall–Kier alpha value is -3.69. The van der Waals surface area contributed by atoms with Gasteiger partial charge in [-0.15, -0.1) is 12.4 Å². The molecule has 0 bridgehead atoms. The Balaban J connectivity index is 0.00000323. The number of alkyl halides is 3. The first kappa shape index (κ1) is 27.9. The highest BCUT2D eigenvalue weighted by Crippen LogP contribution is 2.40. The van der Waals surface area contributed by atoms with Crippen molar-refractivity contribution in [1.82, 2.24) is 15.5 Å². The fourth-order valence-electron chi connectivity index (χ4n) is 5.69. The molecule has 0 aliphatic heterocycles. The molecule has 1 atom stereocenters. The fourth-order valence-corrected chi connectivity index (χ4v) is 5.69. The van der Waals surface area contributed by atoms with Gasteiger partial charge in [-0.3, -0.25) is 4.79 Å². The van der Waals surface area contributed by atoms with Crippen LogP contribution in [0.15, 0.2) is 65.2 Å². The molecular weight excluding hydrogens is 543 g/mol. The number of rotatable bonds is 6. The number of carboxylic acid groups (broad SMARTS) is 1. The Labute approximate surface area is 235 Å². The first-order valence-corrected chi connectivity index (χ1v) is 12.9. The zero-order valence-corrected chi connectivity index (χ0v) is 22.4. The maximum atomic E-state index is 13.5. The third kappa shape index (κ3) is 5.23. The number of carbonyl (C=O) groups is 1. The maximum Gasteiger partial charge on any atom is 0.417 e. The van der Waals surface area contributed by atoms with Crippen LogP contribution in [0.1, 0.15) is 47.6 Å². The third-order valence-electron chi connectivity index (χ3n) is 7.83. The number of nitrogens with one attached hydrogen (secondary N) is 1. The summed E-state index contributed by atoms with van der Waals surface area (Å²) in [4.78, 5) is 15.6. The Bertz CT molecular complexity index is 1560. The van der Waals surface area contributed by atoms with Gasteiger partial charge >= 0.3 is 12.1 Å². The highest BCUT2D eigenvalue weighted by atomic mass is 35.5. The number of aliphatic carboxylic acids is 1. The SMILES string of the molecule is Cc1cc(-c2nc(-c3ccc4c(c3)CCC4NC3CC(C(=O)O)C3)no2)ccc1-c1ccccc1C(F)(F)F.Cl. The number of nitrogens with zero attached hydrogens (tertiary/aromatic N) is 2. The molecule has 1 fully saturated rings. The molecule has 4 aromatic rings. The van der Waals surface area contributed by atoms with Gasteiger partial charge in [0.05, 0.1) is 11.5 Å². The molecule has 1 saturated carbocycles. The zero-order chi connectivity index (χ0) is 27.3. The molecule has 6 rings (SSSR count).